The summed E-state index contributed by atoms with van der Waals surface area (Å²) in [7, 11) is 0. The van der Waals surface area contributed by atoms with Crippen molar-refractivity contribution in [1.82, 2.24) is 15.6 Å². The summed E-state index contributed by atoms with van der Waals surface area (Å²) in [4.78, 5) is 24.3. The Kier molecular flexibility index (Phi) is 3.93. The molecule has 0 aliphatic heterocycles. The number of rotatable bonds is 2. The van der Waals surface area contributed by atoms with E-state index in [1.807, 2.05) is 18.2 Å². The minimum absolute atomic E-state index is 0.145. The first-order valence-electron chi connectivity index (χ1n) is 7.77. The third-order valence-corrected chi connectivity index (χ3v) is 4.99. The Morgan fingerprint density at radius 2 is 1.92 bits per heavy atom. The highest BCUT2D eigenvalue weighted by Gasteiger charge is 2.20. The predicted octanol–water partition coefficient (Wildman–Crippen LogP) is 2.77. The monoisotopic (exact) mass is 396 g/mol. The van der Waals surface area contributed by atoms with E-state index in [0.717, 1.165) is 28.6 Å². The Labute approximate surface area is 151 Å². The topological polar surface area (TPSA) is 87.2 Å². The number of nitrogens with zero attached hydrogens (tertiary/aromatic N) is 2. The van der Waals surface area contributed by atoms with Gasteiger partial charge in [-0.1, -0.05) is 46.3 Å². The number of nitrogens with one attached hydrogen (secondary N) is 2. The zero-order chi connectivity index (χ0) is 17.4. The molecule has 1 heterocycles. The van der Waals surface area contributed by atoms with Crippen molar-refractivity contribution in [2.45, 2.75) is 12.8 Å². The lowest BCUT2D eigenvalue weighted by atomic mass is 10.1. The molecule has 7 heteroatoms. The SMILES string of the molecule is O=C(N/N=C1\CCc2c(Br)cccc21)c1n[nH]c(=O)c2ccccc12. The van der Waals surface area contributed by atoms with E-state index < -0.39 is 5.91 Å². The third-order valence-electron chi connectivity index (χ3n) is 4.25. The van der Waals surface area contributed by atoms with Crippen LogP contribution in [0.1, 0.15) is 28.0 Å². The second-order valence-corrected chi connectivity index (χ2v) is 6.57. The molecule has 0 bridgehead atoms. The summed E-state index contributed by atoms with van der Waals surface area (Å²) in [5.41, 5.74) is 5.45. The van der Waals surface area contributed by atoms with Crippen LogP contribution in [0, 0.1) is 0 Å². The van der Waals surface area contributed by atoms with Crippen LogP contribution in [-0.4, -0.2) is 21.8 Å². The Balaban J connectivity index is 1.66. The smallest absolute Gasteiger partial charge is 0.267 e. The van der Waals surface area contributed by atoms with Crippen molar-refractivity contribution in [3.05, 3.63) is 74.1 Å². The quantitative estimate of drug-likeness (QED) is 0.652. The van der Waals surface area contributed by atoms with Crippen LogP contribution in [0.25, 0.3) is 10.8 Å². The van der Waals surface area contributed by atoms with Gasteiger partial charge in [0.1, 0.15) is 0 Å². The van der Waals surface area contributed by atoms with Crippen LogP contribution >= 0.6 is 15.9 Å². The minimum Gasteiger partial charge on any atom is -0.267 e. The van der Waals surface area contributed by atoms with E-state index in [0.29, 0.717) is 10.8 Å². The Morgan fingerprint density at radius 1 is 1.12 bits per heavy atom. The van der Waals surface area contributed by atoms with E-state index in [1.165, 1.54) is 5.56 Å². The highest BCUT2D eigenvalue weighted by Crippen LogP contribution is 2.29. The lowest BCUT2D eigenvalue weighted by Crippen LogP contribution is -2.23. The fourth-order valence-corrected chi connectivity index (χ4v) is 3.60. The summed E-state index contributed by atoms with van der Waals surface area (Å²) in [6.45, 7) is 0. The van der Waals surface area contributed by atoms with Gasteiger partial charge in [-0.25, -0.2) is 10.5 Å². The molecule has 4 rings (SSSR count). The zero-order valence-electron chi connectivity index (χ0n) is 13.0. The van der Waals surface area contributed by atoms with Gasteiger partial charge in [-0.05, 0) is 30.5 Å². The summed E-state index contributed by atoms with van der Waals surface area (Å²) < 4.78 is 1.05. The predicted molar refractivity (Wildman–Crippen MR) is 98.8 cm³/mol. The first-order chi connectivity index (χ1) is 12.1. The van der Waals surface area contributed by atoms with E-state index in [4.69, 9.17) is 0 Å². The maximum Gasteiger partial charge on any atom is 0.292 e. The van der Waals surface area contributed by atoms with Crippen molar-refractivity contribution < 1.29 is 4.79 Å². The van der Waals surface area contributed by atoms with Crippen LogP contribution in [0.15, 0.2) is 56.8 Å². The number of aromatic nitrogens is 2. The molecule has 2 N–H and O–H groups in total. The molecule has 3 aromatic rings. The number of hydrogen-bond acceptors (Lipinski definition) is 4. The average molecular weight is 397 g/mol. The van der Waals surface area contributed by atoms with Crippen molar-refractivity contribution in [2.75, 3.05) is 0 Å². The van der Waals surface area contributed by atoms with Gasteiger partial charge < -0.3 is 0 Å². The number of carbonyl (C=O) groups is 1. The van der Waals surface area contributed by atoms with Gasteiger partial charge in [-0.15, -0.1) is 0 Å². The van der Waals surface area contributed by atoms with Crippen molar-refractivity contribution in [2.24, 2.45) is 5.10 Å². The molecule has 1 aliphatic carbocycles. The van der Waals surface area contributed by atoms with E-state index in [-0.39, 0.29) is 11.3 Å². The van der Waals surface area contributed by atoms with Gasteiger partial charge in [0.05, 0.1) is 11.1 Å². The normalized spacial score (nSPS) is 14.7. The van der Waals surface area contributed by atoms with Crippen LogP contribution < -0.4 is 11.0 Å². The molecule has 0 saturated carbocycles. The van der Waals surface area contributed by atoms with E-state index in [1.54, 1.807) is 24.3 Å². The van der Waals surface area contributed by atoms with E-state index in [2.05, 4.69) is 36.7 Å². The highest BCUT2D eigenvalue weighted by atomic mass is 79.9. The number of carbonyl (C=O) groups excluding carboxylic acids is 1. The van der Waals surface area contributed by atoms with Gasteiger partial charge >= 0.3 is 0 Å². The number of halogens is 1. The highest BCUT2D eigenvalue weighted by molar-refractivity contribution is 9.10. The molecule has 6 nitrogen and oxygen atoms in total. The van der Waals surface area contributed by atoms with Crippen molar-refractivity contribution in [3.63, 3.8) is 0 Å². The van der Waals surface area contributed by atoms with Gasteiger partial charge in [0.2, 0.25) is 0 Å². The number of hydrazone groups is 1. The molecule has 1 aromatic heterocycles. The first kappa shape index (κ1) is 15.7. The minimum atomic E-state index is -0.455. The van der Waals surface area contributed by atoms with E-state index in [9.17, 15) is 9.59 Å². The van der Waals surface area contributed by atoms with Crippen LogP contribution in [0.2, 0.25) is 0 Å². The maximum atomic E-state index is 12.5. The fraction of sp³-hybridized carbons (Fsp3) is 0.111. The molecular formula is C18H13BrN4O2. The average Bonchev–Trinajstić information content (AvgIpc) is 3.05. The fourth-order valence-electron chi connectivity index (χ4n) is 3.04. The number of fused-ring (bicyclic) bond motifs is 2. The molecule has 0 fully saturated rings. The molecule has 1 amide bonds. The van der Waals surface area contributed by atoms with Gasteiger partial charge in [0.15, 0.2) is 5.69 Å². The maximum absolute atomic E-state index is 12.5. The van der Waals surface area contributed by atoms with Crippen molar-refractivity contribution >= 4 is 38.3 Å². The van der Waals surface area contributed by atoms with Crippen LogP contribution in [-0.2, 0) is 6.42 Å². The van der Waals surface area contributed by atoms with Gasteiger partial charge in [0, 0.05) is 15.4 Å². The first-order valence-corrected chi connectivity index (χ1v) is 8.56. The number of aromatic amines is 1. The molecule has 0 atom stereocenters. The van der Waals surface area contributed by atoms with E-state index >= 15 is 0 Å². The third kappa shape index (κ3) is 2.76. The second kappa shape index (κ2) is 6.25. The van der Waals surface area contributed by atoms with Crippen LogP contribution in [0.4, 0.5) is 0 Å². The van der Waals surface area contributed by atoms with Crippen molar-refractivity contribution in [3.8, 4) is 0 Å². The summed E-state index contributed by atoms with van der Waals surface area (Å²) in [6, 6.07) is 12.8. The lowest BCUT2D eigenvalue weighted by Gasteiger charge is -2.05. The second-order valence-electron chi connectivity index (χ2n) is 5.71. The number of amides is 1. The summed E-state index contributed by atoms with van der Waals surface area (Å²) in [6.07, 6.45) is 1.64. The van der Waals surface area contributed by atoms with Crippen molar-refractivity contribution in [1.29, 1.82) is 0 Å². The molecular weight excluding hydrogens is 384 g/mol. The number of hydrogen-bond donors (Lipinski definition) is 2. The molecule has 0 radical (unpaired) electrons. The summed E-state index contributed by atoms with van der Waals surface area (Å²) in [5.74, 6) is -0.455. The lowest BCUT2D eigenvalue weighted by molar-refractivity contribution is 0.0950. The zero-order valence-corrected chi connectivity index (χ0v) is 14.6. The van der Waals surface area contributed by atoms with Gasteiger partial charge in [0.25, 0.3) is 11.5 Å². The van der Waals surface area contributed by atoms with Gasteiger partial charge in [-0.2, -0.15) is 10.2 Å². The molecule has 124 valence electrons. The molecule has 0 saturated heterocycles. The van der Waals surface area contributed by atoms with Crippen LogP contribution in [0.5, 0.6) is 0 Å². The summed E-state index contributed by atoms with van der Waals surface area (Å²) in [5, 5.41) is 11.4. The molecule has 1 aliphatic rings. The molecule has 0 unspecified atom stereocenters. The Hall–Kier alpha value is -2.80. The largest absolute Gasteiger partial charge is 0.292 e. The molecule has 25 heavy (non-hydrogen) atoms. The number of benzene rings is 2. The van der Waals surface area contributed by atoms with Crippen LogP contribution in [0.3, 0.4) is 0 Å². The van der Waals surface area contributed by atoms with Gasteiger partial charge in [-0.3, -0.25) is 9.59 Å². The molecule has 0 spiro atoms. The Morgan fingerprint density at radius 3 is 2.76 bits per heavy atom. The Bertz CT molecular complexity index is 1090. The molecule has 2 aromatic carbocycles. The standard InChI is InChI=1S/C18H13BrN4O2/c19-14-7-3-6-11-10(14)8-9-15(11)20-23-18(25)16-12-4-1-2-5-13(12)17(24)22-21-16/h1-7H,8-9H2,(H,22,24)(H,23,25)/b20-15+. The number of H-pyrrole nitrogens is 1. The summed E-state index contributed by atoms with van der Waals surface area (Å²) >= 11 is 3.54.